The van der Waals surface area contributed by atoms with Gasteiger partial charge in [-0.05, 0) is 36.4 Å². The van der Waals surface area contributed by atoms with Gasteiger partial charge < -0.3 is 9.84 Å². The summed E-state index contributed by atoms with van der Waals surface area (Å²) in [5.74, 6) is 0.804. The molecule has 0 amide bonds. The van der Waals surface area contributed by atoms with Crippen molar-refractivity contribution in [2.75, 3.05) is 7.11 Å². The van der Waals surface area contributed by atoms with Crippen molar-refractivity contribution in [3.8, 4) is 11.5 Å². The Kier molecular flexibility index (Phi) is 5.82. The van der Waals surface area contributed by atoms with Crippen LogP contribution in [0.3, 0.4) is 0 Å². The standard InChI is InChI=1S/C8H8O2.C7H6O2/c1-10-8-5-3-2-4-7(8)6-9;8-5-6-1-3-7(9)4-2-6/h2-6H,1H3;1-5,9H. The topological polar surface area (TPSA) is 63.6 Å². The first-order valence-electron chi connectivity index (χ1n) is 5.53. The molecule has 0 radical (unpaired) electrons. The molecule has 0 aliphatic heterocycles. The molecule has 0 fully saturated rings. The second kappa shape index (κ2) is 7.66. The van der Waals surface area contributed by atoms with Gasteiger partial charge in [0.15, 0.2) is 6.29 Å². The number of hydrogen-bond donors (Lipinski definition) is 1. The highest BCUT2D eigenvalue weighted by molar-refractivity contribution is 5.79. The van der Waals surface area contributed by atoms with Crippen molar-refractivity contribution in [1.29, 1.82) is 0 Å². The Morgan fingerprint density at radius 1 is 0.947 bits per heavy atom. The Bertz CT molecular complexity index is 532. The maximum absolute atomic E-state index is 10.3. The number of phenolic OH excluding ortho intramolecular Hbond substituents is 1. The third kappa shape index (κ3) is 4.63. The molecule has 0 atom stereocenters. The summed E-state index contributed by atoms with van der Waals surface area (Å²) in [6.07, 6.45) is 1.51. The summed E-state index contributed by atoms with van der Waals surface area (Å²) in [5.41, 5.74) is 1.16. The van der Waals surface area contributed by atoms with Crippen LogP contribution in [-0.4, -0.2) is 24.8 Å². The molecule has 0 saturated carbocycles. The van der Waals surface area contributed by atoms with Gasteiger partial charge in [-0.1, -0.05) is 12.1 Å². The second-order valence-corrected chi connectivity index (χ2v) is 3.57. The maximum atomic E-state index is 10.3. The fraction of sp³-hybridized carbons (Fsp3) is 0.0667. The summed E-state index contributed by atoms with van der Waals surface area (Å²) in [7, 11) is 1.54. The van der Waals surface area contributed by atoms with Crippen molar-refractivity contribution < 1.29 is 19.4 Å². The number of ether oxygens (including phenoxy) is 1. The van der Waals surface area contributed by atoms with Gasteiger partial charge in [0.1, 0.15) is 17.8 Å². The van der Waals surface area contributed by atoms with Crippen LogP contribution in [-0.2, 0) is 0 Å². The number of benzene rings is 2. The minimum Gasteiger partial charge on any atom is -0.508 e. The lowest BCUT2D eigenvalue weighted by atomic mass is 10.2. The Morgan fingerprint density at radius 2 is 1.58 bits per heavy atom. The molecular formula is C15H14O4. The monoisotopic (exact) mass is 258 g/mol. The Morgan fingerprint density at radius 3 is 2.05 bits per heavy atom. The van der Waals surface area contributed by atoms with Crippen molar-refractivity contribution in [3.05, 3.63) is 59.7 Å². The van der Waals surface area contributed by atoms with Crippen molar-refractivity contribution in [2.24, 2.45) is 0 Å². The van der Waals surface area contributed by atoms with Crippen molar-refractivity contribution in [3.63, 3.8) is 0 Å². The van der Waals surface area contributed by atoms with Crippen LogP contribution in [0.25, 0.3) is 0 Å². The van der Waals surface area contributed by atoms with Gasteiger partial charge in [-0.25, -0.2) is 0 Å². The van der Waals surface area contributed by atoms with E-state index in [-0.39, 0.29) is 5.75 Å². The number of rotatable bonds is 3. The average Bonchev–Trinajstić information content (AvgIpc) is 2.48. The molecular weight excluding hydrogens is 244 g/mol. The molecule has 0 saturated heterocycles. The number of aromatic hydroxyl groups is 1. The van der Waals surface area contributed by atoms with E-state index < -0.39 is 0 Å². The zero-order valence-corrected chi connectivity index (χ0v) is 10.4. The first-order valence-corrected chi connectivity index (χ1v) is 5.53. The number of carbonyl (C=O) groups excluding carboxylic acids is 2. The normalized spacial score (nSPS) is 8.89. The predicted octanol–water partition coefficient (Wildman–Crippen LogP) is 2.71. The van der Waals surface area contributed by atoms with E-state index in [0.717, 1.165) is 12.6 Å². The molecule has 0 aromatic heterocycles. The van der Waals surface area contributed by atoms with E-state index in [0.29, 0.717) is 16.9 Å². The number of hydrogen-bond acceptors (Lipinski definition) is 4. The second-order valence-electron chi connectivity index (χ2n) is 3.57. The minimum atomic E-state index is 0.181. The first kappa shape index (κ1) is 14.4. The van der Waals surface area contributed by atoms with Gasteiger partial charge in [-0.15, -0.1) is 0 Å². The van der Waals surface area contributed by atoms with Gasteiger partial charge in [0.2, 0.25) is 0 Å². The molecule has 0 spiro atoms. The summed E-state index contributed by atoms with van der Waals surface area (Å²) in [4.78, 5) is 20.3. The summed E-state index contributed by atoms with van der Waals surface area (Å²) in [5, 5.41) is 8.74. The molecule has 0 aliphatic rings. The lowest BCUT2D eigenvalue weighted by molar-refractivity contribution is 0.111. The smallest absolute Gasteiger partial charge is 0.153 e. The van der Waals surface area contributed by atoms with Crippen LogP contribution in [0.5, 0.6) is 11.5 Å². The van der Waals surface area contributed by atoms with Crippen molar-refractivity contribution in [2.45, 2.75) is 0 Å². The van der Waals surface area contributed by atoms with E-state index in [1.54, 1.807) is 37.4 Å². The Balaban J connectivity index is 0.000000191. The van der Waals surface area contributed by atoms with E-state index in [1.165, 1.54) is 12.1 Å². The summed E-state index contributed by atoms with van der Waals surface area (Å²) >= 11 is 0. The van der Waals surface area contributed by atoms with Crippen LogP contribution in [0.2, 0.25) is 0 Å². The van der Waals surface area contributed by atoms with Crippen LogP contribution < -0.4 is 4.74 Å². The fourth-order valence-corrected chi connectivity index (χ4v) is 1.32. The lowest BCUT2D eigenvalue weighted by Crippen LogP contribution is -1.88. The minimum absolute atomic E-state index is 0.181. The highest BCUT2D eigenvalue weighted by Gasteiger charge is 1.96. The molecule has 2 rings (SSSR count). The molecule has 0 heterocycles. The van der Waals surface area contributed by atoms with Crippen LogP contribution in [0.15, 0.2) is 48.5 Å². The van der Waals surface area contributed by atoms with E-state index >= 15 is 0 Å². The first-order chi connectivity index (χ1) is 9.21. The molecule has 1 N–H and O–H groups in total. The van der Waals surface area contributed by atoms with Crippen molar-refractivity contribution >= 4 is 12.6 Å². The van der Waals surface area contributed by atoms with Crippen molar-refractivity contribution in [1.82, 2.24) is 0 Å². The van der Waals surface area contributed by atoms with E-state index in [1.807, 2.05) is 6.07 Å². The van der Waals surface area contributed by atoms with Gasteiger partial charge in [0, 0.05) is 5.56 Å². The highest BCUT2D eigenvalue weighted by atomic mass is 16.5. The van der Waals surface area contributed by atoms with Crippen LogP contribution in [0.4, 0.5) is 0 Å². The zero-order chi connectivity index (χ0) is 14.1. The Labute approximate surface area is 111 Å². The third-order valence-corrected chi connectivity index (χ3v) is 2.30. The highest BCUT2D eigenvalue weighted by Crippen LogP contribution is 2.13. The summed E-state index contributed by atoms with van der Waals surface area (Å²) in [6, 6.07) is 13.2. The van der Waals surface area contributed by atoms with E-state index in [2.05, 4.69) is 0 Å². The summed E-state index contributed by atoms with van der Waals surface area (Å²) in [6.45, 7) is 0. The summed E-state index contributed by atoms with van der Waals surface area (Å²) < 4.78 is 4.90. The molecule has 19 heavy (non-hydrogen) atoms. The lowest BCUT2D eigenvalue weighted by Gasteiger charge is -1.99. The van der Waals surface area contributed by atoms with Gasteiger partial charge in [0.05, 0.1) is 12.7 Å². The van der Waals surface area contributed by atoms with Gasteiger partial charge in [-0.2, -0.15) is 0 Å². The number of para-hydroxylation sites is 1. The number of aldehydes is 2. The van der Waals surface area contributed by atoms with E-state index in [9.17, 15) is 9.59 Å². The number of methoxy groups -OCH3 is 1. The molecule has 98 valence electrons. The molecule has 0 aliphatic carbocycles. The zero-order valence-electron chi connectivity index (χ0n) is 10.4. The molecule has 4 nitrogen and oxygen atoms in total. The molecule has 2 aromatic rings. The fourth-order valence-electron chi connectivity index (χ4n) is 1.32. The number of carbonyl (C=O) groups is 2. The van der Waals surface area contributed by atoms with Gasteiger partial charge >= 0.3 is 0 Å². The predicted molar refractivity (Wildman–Crippen MR) is 71.9 cm³/mol. The molecule has 2 aromatic carbocycles. The van der Waals surface area contributed by atoms with Crippen LogP contribution in [0, 0.1) is 0 Å². The maximum Gasteiger partial charge on any atom is 0.153 e. The molecule has 4 heteroatoms. The van der Waals surface area contributed by atoms with Gasteiger partial charge in [0.25, 0.3) is 0 Å². The van der Waals surface area contributed by atoms with E-state index in [4.69, 9.17) is 9.84 Å². The average molecular weight is 258 g/mol. The largest absolute Gasteiger partial charge is 0.508 e. The Hall–Kier alpha value is -2.62. The number of phenols is 1. The third-order valence-electron chi connectivity index (χ3n) is 2.30. The SMILES string of the molecule is COc1ccccc1C=O.O=Cc1ccc(O)cc1. The molecule has 0 bridgehead atoms. The van der Waals surface area contributed by atoms with Gasteiger partial charge in [-0.3, -0.25) is 9.59 Å². The van der Waals surface area contributed by atoms with Crippen LogP contribution >= 0.6 is 0 Å². The quantitative estimate of drug-likeness (QED) is 0.860. The van der Waals surface area contributed by atoms with Crippen LogP contribution in [0.1, 0.15) is 20.7 Å². The molecule has 0 unspecified atom stereocenters.